The van der Waals surface area contributed by atoms with E-state index in [9.17, 15) is 14.9 Å². The van der Waals surface area contributed by atoms with Gasteiger partial charge in [-0.25, -0.2) is 9.99 Å². The third kappa shape index (κ3) is 5.38. The van der Waals surface area contributed by atoms with Crippen LogP contribution in [0.15, 0.2) is 34.1 Å². The number of benzene rings is 1. The van der Waals surface area contributed by atoms with Crippen LogP contribution in [0, 0.1) is 10.1 Å². The molecule has 1 saturated heterocycles. The van der Waals surface area contributed by atoms with Crippen molar-refractivity contribution in [3.05, 3.63) is 65.7 Å². The van der Waals surface area contributed by atoms with Gasteiger partial charge in [0, 0.05) is 23.7 Å². The lowest BCUT2D eigenvalue weighted by Crippen LogP contribution is -2.48. The Labute approximate surface area is 217 Å². The van der Waals surface area contributed by atoms with Crippen LogP contribution in [0.3, 0.4) is 0 Å². The van der Waals surface area contributed by atoms with E-state index in [0.717, 1.165) is 14.5 Å². The zero-order valence-corrected chi connectivity index (χ0v) is 21.9. The van der Waals surface area contributed by atoms with E-state index in [1.54, 1.807) is 23.2 Å². The number of carbonyl (C=O) groups is 1. The van der Waals surface area contributed by atoms with Crippen molar-refractivity contribution in [2.45, 2.75) is 32.3 Å². The predicted octanol–water partition coefficient (Wildman–Crippen LogP) is 5.55. The molecule has 2 aromatic heterocycles. The van der Waals surface area contributed by atoms with E-state index in [4.69, 9.17) is 28.2 Å². The highest BCUT2D eigenvalue weighted by Gasteiger charge is 2.28. The quantitative estimate of drug-likeness (QED) is 0.287. The number of rotatable bonds is 7. The Morgan fingerprint density at radius 2 is 2.06 bits per heavy atom. The van der Waals surface area contributed by atoms with Crippen LogP contribution in [0.2, 0.25) is 10.0 Å². The van der Waals surface area contributed by atoms with Crippen LogP contribution in [0.1, 0.15) is 35.9 Å². The van der Waals surface area contributed by atoms with Crippen LogP contribution in [-0.4, -0.2) is 44.7 Å². The molecule has 0 saturated carbocycles. The molecule has 1 aromatic carbocycles. The normalized spacial score (nSPS) is 14.8. The highest BCUT2D eigenvalue weighted by Crippen LogP contribution is 2.36. The van der Waals surface area contributed by atoms with E-state index >= 15 is 0 Å². The first-order valence-corrected chi connectivity index (χ1v) is 12.8. The summed E-state index contributed by atoms with van der Waals surface area (Å²) in [5.74, 6) is 0.183. The molecule has 34 heavy (non-hydrogen) atoms. The zero-order chi connectivity index (χ0) is 24.4. The van der Waals surface area contributed by atoms with Crippen LogP contribution in [-0.2, 0) is 11.3 Å². The van der Waals surface area contributed by atoms with Crippen molar-refractivity contribution in [2.75, 3.05) is 13.1 Å². The molecule has 3 heterocycles. The molecule has 3 aromatic rings. The number of hydrogen-bond acceptors (Lipinski definition) is 7. The second-order valence-corrected chi connectivity index (χ2v) is 10.9. The Morgan fingerprint density at radius 1 is 1.32 bits per heavy atom. The summed E-state index contributed by atoms with van der Waals surface area (Å²) in [4.78, 5) is 33.2. The summed E-state index contributed by atoms with van der Waals surface area (Å²) in [5, 5.41) is 13.3. The first kappa shape index (κ1) is 24.9. The van der Waals surface area contributed by atoms with Crippen LogP contribution in [0.4, 0.5) is 0 Å². The van der Waals surface area contributed by atoms with Crippen LogP contribution in [0.25, 0.3) is 16.4 Å². The molecule has 13 heteroatoms. The Balaban J connectivity index is 1.67. The predicted molar refractivity (Wildman–Crippen MR) is 134 cm³/mol. The maximum Gasteiger partial charge on any atom is 0.294 e. The van der Waals surface area contributed by atoms with Gasteiger partial charge in [0.2, 0.25) is 0 Å². The van der Waals surface area contributed by atoms with Gasteiger partial charge in [0.25, 0.3) is 11.0 Å². The minimum Gasteiger partial charge on any atom is -0.310 e. The second kappa shape index (κ2) is 10.6. The van der Waals surface area contributed by atoms with Gasteiger partial charge >= 0.3 is 0 Å². The van der Waals surface area contributed by atoms with E-state index in [-0.39, 0.29) is 11.6 Å². The topological polar surface area (TPSA) is 103 Å². The third-order valence-corrected chi connectivity index (χ3v) is 7.57. The van der Waals surface area contributed by atoms with E-state index in [1.807, 2.05) is 23.6 Å². The Kier molecular flexibility index (Phi) is 7.78. The summed E-state index contributed by atoms with van der Waals surface area (Å²) in [6.07, 6.45) is 0.954. The Morgan fingerprint density at radius 3 is 2.65 bits per heavy atom. The summed E-state index contributed by atoms with van der Waals surface area (Å²) in [7, 11) is 0. The molecule has 180 valence electrons. The van der Waals surface area contributed by atoms with E-state index in [2.05, 4.69) is 26.2 Å². The van der Waals surface area contributed by atoms with Crippen molar-refractivity contribution in [3.8, 4) is 16.4 Å². The molecule has 1 amide bonds. The molecular weight excluding hydrogens is 569 g/mol. The van der Waals surface area contributed by atoms with Gasteiger partial charge in [-0.3, -0.25) is 14.8 Å². The molecule has 1 fully saturated rings. The zero-order valence-electron chi connectivity index (χ0n) is 18.0. The fourth-order valence-electron chi connectivity index (χ4n) is 3.87. The SMILES string of the molecule is CCc1c(C(=O)NN2CCC(O[N+](=O)[O-])CC2)nc(-c2ccc(Cl)cc2Cl)n1-c1ccc(Br)s1. The number of halogens is 3. The Hall–Kier alpha value is -2.18. The highest BCUT2D eigenvalue weighted by atomic mass is 79.9. The van der Waals surface area contributed by atoms with Gasteiger partial charge in [0.15, 0.2) is 5.69 Å². The first-order valence-electron chi connectivity index (χ1n) is 10.5. The number of imidazole rings is 1. The van der Waals surface area contributed by atoms with Crippen LogP contribution >= 0.6 is 50.5 Å². The largest absolute Gasteiger partial charge is 0.310 e. The van der Waals surface area contributed by atoms with Gasteiger partial charge in [-0.1, -0.05) is 30.1 Å². The van der Waals surface area contributed by atoms with Crippen molar-refractivity contribution in [3.63, 3.8) is 0 Å². The standard InChI is InChI=1S/C21H20BrCl2N5O4S/c1-2-16-19(21(30)26-27-9-7-13(8-10-27)33-29(31)32)25-20(14-4-3-12(23)11-15(14)24)28(16)18-6-5-17(22)34-18/h3-6,11,13H,2,7-10H2,1H3,(H,26,30). The highest BCUT2D eigenvalue weighted by molar-refractivity contribution is 9.11. The maximum absolute atomic E-state index is 13.3. The monoisotopic (exact) mass is 587 g/mol. The van der Waals surface area contributed by atoms with Crippen molar-refractivity contribution in [1.29, 1.82) is 0 Å². The van der Waals surface area contributed by atoms with Gasteiger partial charge < -0.3 is 4.84 Å². The van der Waals surface area contributed by atoms with E-state index in [0.29, 0.717) is 53.8 Å². The first-order chi connectivity index (χ1) is 16.3. The summed E-state index contributed by atoms with van der Waals surface area (Å²) >= 11 is 17.6. The van der Waals surface area contributed by atoms with Gasteiger partial charge in [-0.2, -0.15) is 0 Å². The third-order valence-electron chi connectivity index (χ3n) is 5.41. The van der Waals surface area contributed by atoms with Gasteiger partial charge in [0.1, 0.15) is 16.9 Å². The number of carbonyl (C=O) groups excluding carboxylic acids is 1. The minimum atomic E-state index is -0.772. The van der Waals surface area contributed by atoms with Gasteiger partial charge in [0.05, 0.1) is 14.5 Å². The van der Waals surface area contributed by atoms with Crippen LogP contribution < -0.4 is 5.43 Å². The molecular formula is C21H20BrCl2N5O4S. The number of aromatic nitrogens is 2. The number of thiophene rings is 1. The van der Waals surface area contributed by atoms with Crippen LogP contribution in [0.5, 0.6) is 0 Å². The molecule has 0 aliphatic carbocycles. The lowest BCUT2D eigenvalue weighted by Gasteiger charge is -2.30. The molecule has 1 aliphatic rings. The number of nitrogens with zero attached hydrogens (tertiary/aromatic N) is 4. The molecule has 0 unspecified atom stereocenters. The summed E-state index contributed by atoms with van der Waals surface area (Å²) in [6, 6.07) is 9.04. The molecule has 0 bridgehead atoms. The number of nitrogens with one attached hydrogen (secondary N) is 1. The Bertz CT molecular complexity index is 1230. The lowest BCUT2D eigenvalue weighted by atomic mass is 10.1. The average Bonchev–Trinajstić information content (AvgIpc) is 3.38. The van der Waals surface area contributed by atoms with Crippen molar-refractivity contribution < 1.29 is 14.7 Å². The molecule has 9 nitrogen and oxygen atoms in total. The molecule has 4 rings (SSSR count). The molecule has 0 spiro atoms. The lowest BCUT2D eigenvalue weighted by molar-refractivity contribution is -0.769. The number of piperidine rings is 1. The van der Waals surface area contributed by atoms with Gasteiger partial charge in [-0.05, 0) is 65.5 Å². The van der Waals surface area contributed by atoms with Crippen molar-refractivity contribution >= 4 is 56.4 Å². The molecule has 0 atom stereocenters. The fraction of sp³-hybridized carbons (Fsp3) is 0.333. The smallest absolute Gasteiger partial charge is 0.294 e. The molecule has 1 aliphatic heterocycles. The maximum atomic E-state index is 13.3. The minimum absolute atomic E-state index is 0.289. The van der Waals surface area contributed by atoms with E-state index < -0.39 is 11.2 Å². The second-order valence-electron chi connectivity index (χ2n) is 7.58. The van der Waals surface area contributed by atoms with Crippen molar-refractivity contribution in [2.24, 2.45) is 0 Å². The van der Waals surface area contributed by atoms with Crippen molar-refractivity contribution in [1.82, 2.24) is 20.0 Å². The van der Waals surface area contributed by atoms with E-state index in [1.165, 1.54) is 11.3 Å². The van der Waals surface area contributed by atoms with Gasteiger partial charge in [-0.15, -0.1) is 21.5 Å². The molecule has 0 radical (unpaired) electrons. The number of hydrogen-bond donors (Lipinski definition) is 1. The number of amides is 1. The summed E-state index contributed by atoms with van der Waals surface area (Å²) < 4.78 is 2.88. The number of hydrazine groups is 1. The summed E-state index contributed by atoms with van der Waals surface area (Å²) in [6.45, 7) is 2.82. The summed E-state index contributed by atoms with van der Waals surface area (Å²) in [5.41, 5.74) is 4.57. The fourth-order valence-corrected chi connectivity index (χ4v) is 5.75. The molecule has 1 N–H and O–H groups in total. The average molecular weight is 589 g/mol.